The number of nitrogens with one attached hydrogen (secondary N) is 1. The lowest BCUT2D eigenvalue weighted by Crippen LogP contribution is -2.12. The minimum atomic E-state index is -0.260. The molecule has 4 heterocycles. The van der Waals surface area contributed by atoms with Gasteiger partial charge in [0.1, 0.15) is 0 Å². The standard InChI is InChI=1S/C19H15N5O3S/c1-10-13-5-12(7-20-17(13)24(2)23-10)18(25)22-19-21-14(8-28-19)11-3-4-15-16(6-11)27-9-26-15/h3-8H,9H2,1-2H3,(H,21,22,25). The molecule has 1 aliphatic heterocycles. The SMILES string of the molecule is Cc1nn(C)c2ncc(C(=O)Nc3nc(-c4ccc5c(c4)OCO5)cs3)cc12. The van der Waals surface area contributed by atoms with Gasteiger partial charge in [0.2, 0.25) is 6.79 Å². The zero-order chi connectivity index (χ0) is 19.3. The van der Waals surface area contributed by atoms with Crippen LogP contribution in [-0.4, -0.2) is 32.4 Å². The van der Waals surface area contributed by atoms with Crippen molar-refractivity contribution in [2.45, 2.75) is 6.92 Å². The van der Waals surface area contributed by atoms with Gasteiger partial charge >= 0.3 is 0 Å². The molecule has 1 aromatic carbocycles. The lowest BCUT2D eigenvalue weighted by Gasteiger charge is -2.02. The molecule has 140 valence electrons. The summed E-state index contributed by atoms with van der Waals surface area (Å²) in [6.07, 6.45) is 1.55. The number of benzene rings is 1. The van der Waals surface area contributed by atoms with Crippen LogP contribution in [0.2, 0.25) is 0 Å². The summed E-state index contributed by atoms with van der Waals surface area (Å²) < 4.78 is 12.4. The Morgan fingerprint density at radius 1 is 1.25 bits per heavy atom. The van der Waals surface area contributed by atoms with Gasteiger partial charge in [-0.2, -0.15) is 5.10 Å². The molecule has 0 radical (unpaired) electrons. The quantitative estimate of drug-likeness (QED) is 0.574. The van der Waals surface area contributed by atoms with Crippen LogP contribution < -0.4 is 14.8 Å². The highest BCUT2D eigenvalue weighted by atomic mass is 32.1. The number of aryl methyl sites for hydroxylation is 2. The van der Waals surface area contributed by atoms with Crippen LogP contribution in [0.4, 0.5) is 5.13 Å². The first kappa shape index (κ1) is 16.7. The second kappa shape index (κ2) is 6.31. The van der Waals surface area contributed by atoms with Crippen molar-refractivity contribution in [3.63, 3.8) is 0 Å². The van der Waals surface area contributed by atoms with E-state index in [-0.39, 0.29) is 12.7 Å². The zero-order valence-electron chi connectivity index (χ0n) is 15.1. The maximum absolute atomic E-state index is 12.6. The molecule has 9 heteroatoms. The zero-order valence-corrected chi connectivity index (χ0v) is 15.9. The Morgan fingerprint density at radius 3 is 3.00 bits per heavy atom. The van der Waals surface area contributed by atoms with Gasteiger partial charge in [0.15, 0.2) is 22.3 Å². The third-order valence-corrected chi connectivity index (χ3v) is 5.28. The third kappa shape index (κ3) is 2.76. The van der Waals surface area contributed by atoms with Crippen LogP contribution in [0.25, 0.3) is 22.3 Å². The molecule has 1 N–H and O–H groups in total. The van der Waals surface area contributed by atoms with Gasteiger partial charge in [0.05, 0.1) is 17.0 Å². The lowest BCUT2D eigenvalue weighted by molar-refractivity contribution is 0.102. The van der Waals surface area contributed by atoms with Crippen molar-refractivity contribution in [1.82, 2.24) is 19.7 Å². The van der Waals surface area contributed by atoms with E-state index in [0.29, 0.717) is 16.4 Å². The summed E-state index contributed by atoms with van der Waals surface area (Å²) in [5.41, 5.74) is 3.70. The number of aromatic nitrogens is 4. The third-order valence-electron chi connectivity index (χ3n) is 4.52. The van der Waals surface area contributed by atoms with Crippen LogP contribution in [0.15, 0.2) is 35.8 Å². The predicted molar refractivity (Wildman–Crippen MR) is 105 cm³/mol. The van der Waals surface area contributed by atoms with Crippen molar-refractivity contribution in [3.05, 3.63) is 47.1 Å². The predicted octanol–water partition coefficient (Wildman–Crippen LogP) is 3.38. The van der Waals surface area contributed by atoms with Gasteiger partial charge in [-0.15, -0.1) is 11.3 Å². The number of hydrogen-bond donors (Lipinski definition) is 1. The summed E-state index contributed by atoms with van der Waals surface area (Å²) in [6.45, 7) is 2.12. The van der Waals surface area contributed by atoms with Crippen LogP contribution in [-0.2, 0) is 7.05 Å². The molecule has 1 aliphatic rings. The lowest BCUT2D eigenvalue weighted by atomic mass is 10.1. The molecule has 0 bridgehead atoms. The molecular formula is C19H15N5O3S. The molecule has 0 spiro atoms. The monoisotopic (exact) mass is 393 g/mol. The average Bonchev–Trinajstić information content (AvgIpc) is 3.41. The topological polar surface area (TPSA) is 91.2 Å². The fraction of sp³-hybridized carbons (Fsp3) is 0.158. The summed E-state index contributed by atoms with van der Waals surface area (Å²) in [5, 5.41) is 10.4. The van der Waals surface area contributed by atoms with Gasteiger partial charge in [0, 0.05) is 29.6 Å². The second-order valence-corrected chi connectivity index (χ2v) is 7.22. The molecule has 0 aliphatic carbocycles. The van der Waals surface area contributed by atoms with Crippen molar-refractivity contribution >= 4 is 33.4 Å². The molecule has 0 unspecified atom stereocenters. The highest BCUT2D eigenvalue weighted by molar-refractivity contribution is 7.14. The normalized spacial score (nSPS) is 12.5. The van der Waals surface area contributed by atoms with Crippen LogP contribution in [0.3, 0.4) is 0 Å². The van der Waals surface area contributed by atoms with E-state index in [1.54, 1.807) is 16.9 Å². The van der Waals surface area contributed by atoms with Gasteiger partial charge in [-0.25, -0.2) is 9.97 Å². The number of hydrogen-bond acceptors (Lipinski definition) is 7. The first-order valence-electron chi connectivity index (χ1n) is 8.55. The number of thiazole rings is 1. The molecule has 1 amide bonds. The van der Waals surface area contributed by atoms with Crippen molar-refractivity contribution in [2.75, 3.05) is 12.1 Å². The van der Waals surface area contributed by atoms with Gasteiger partial charge in [0.25, 0.3) is 5.91 Å². The highest BCUT2D eigenvalue weighted by Gasteiger charge is 2.16. The molecule has 0 atom stereocenters. The maximum Gasteiger partial charge on any atom is 0.259 e. The van der Waals surface area contributed by atoms with Gasteiger partial charge < -0.3 is 9.47 Å². The van der Waals surface area contributed by atoms with Gasteiger partial charge in [-0.3, -0.25) is 14.8 Å². The number of fused-ring (bicyclic) bond motifs is 2. The average molecular weight is 393 g/mol. The Hall–Kier alpha value is -3.46. The number of carbonyl (C=O) groups excluding carboxylic acids is 1. The summed E-state index contributed by atoms with van der Waals surface area (Å²) in [5.74, 6) is 1.16. The Bertz CT molecular complexity index is 1230. The fourth-order valence-electron chi connectivity index (χ4n) is 3.12. The van der Waals surface area contributed by atoms with Crippen molar-refractivity contribution in [2.24, 2.45) is 7.05 Å². The Morgan fingerprint density at radius 2 is 2.11 bits per heavy atom. The maximum atomic E-state index is 12.6. The number of carbonyl (C=O) groups is 1. The molecule has 0 saturated carbocycles. The minimum absolute atomic E-state index is 0.228. The first-order valence-corrected chi connectivity index (χ1v) is 9.43. The molecule has 3 aromatic heterocycles. The Labute approximate surface area is 163 Å². The summed E-state index contributed by atoms with van der Waals surface area (Å²) in [6, 6.07) is 7.45. The number of amides is 1. The van der Waals surface area contributed by atoms with Crippen molar-refractivity contribution < 1.29 is 14.3 Å². The molecular weight excluding hydrogens is 378 g/mol. The van der Waals surface area contributed by atoms with E-state index in [2.05, 4.69) is 20.4 Å². The number of nitrogens with zero attached hydrogens (tertiary/aromatic N) is 4. The van der Waals surface area contributed by atoms with Crippen LogP contribution in [0, 0.1) is 6.92 Å². The number of ether oxygens (including phenoxy) is 2. The minimum Gasteiger partial charge on any atom is -0.454 e. The van der Waals surface area contributed by atoms with Crippen LogP contribution in [0.1, 0.15) is 16.1 Å². The van der Waals surface area contributed by atoms with E-state index in [1.807, 2.05) is 37.6 Å². The Kier molecular flexibility index (Phi) is 3.76. The Balaban J connectivity index is 1.38. The first-order chi connectivity index (χ1) is 13.6. The molecule has 0 saturated heterocycles. The van der Waals surface area contributed by atoms with E-state index >= 15 is 0 Å². The summed E-state index contributed by atoms with van der Waals surface area (Å²) in [4.78, 5) is 21.5. The van der Waals surface area contributed by atoms with Gasteiger partial charge in [-0.1, -0.05) is 0 Å². The van der Waals surface area contributed by atoms with Crippen LogP contribution >= 0.6 is 11.3 Å². The number of rotatable bonds is 3. The van der Waals surface area contributed by atoms with E-state index < -0.39 is 0 Å². The smallest absolute Gasteiger partial charge is 0.259 e. The number of pyridine rings is 1. The van der Waals surface area contributed by atoms with Crippen LogP contribution in [0.5, 0.6) is 11.5 Å². The molecule has 5 rings (SSSR count). The number of anilines is 1. The van der Waals surface area contributed by atoms with E-state index in [9.17, 15) is 4.79 Å². The van der Waals surface area contributed by atoms with E-state index in [0.717, 1.165) is 33.7 Å². The molecule has 8 nitrogen and oxygen atoms in total. The summed E-state index contributed by atoms with van der Waals surface area (Å²) in [7, 11) is 1.83. The van der Waals surface area contributed by atoms with Gasteiger partial charge in [-0.05, 0) is 31.2 Å². The van der Waals surface area contributed by atoms with E-state index in [4.69, 9.17) is 9.47 Å². The van der Waals surface area contributed by atoms with E-state index in [1.165, 1.54) is 11.3 Å². The van der Waals surface area contributed by atoms with Crippen molar-refractivity contribution in [1.29, 1.82) is 0 Å². The molecule has 0 fully saturated rings. The largest absolute Gasteiger partial charge is 0.454 e. The summed E-state index contributed by atoms with van der Waals surface area (Å²) >= 11 is 1.36. The highest BCUT2D eigenvalue weighted by Crippen LogP contribution is 2.36. The van der Waals surface area contributed by atoms with Crippen molar-refractivity contribution in [3.8, 4) is 22.8 Å². The second-order valence-electron chi connectivity index (χ2n) is 6.36. The molecule has 28 heavy (non-hydrogen) atoms. The fourth-order valence-corrected chi connectivity index (χ4v) is 3.84. The molecule has 4 aromatic rings.